The van der Waals surface area contributed by atoms with Gasteiger partial charge in [-0.3, -0.25) is 9.69 Å². The number of nitrogens with one attached hydrogen (secondary N) is 1. The number of ether oxygens (including phenoxy) is 1. The largest absolute Gasteiger partial charge is 0.371 e. The predicted molar refractivity (Wildman–Crippen MR) is 100.0 cm³/mol. The minimum atomic E-state index is -0.116. The van der Waals surface area contributed by atoms with E-state index in [9.17, 15) is 4.79 Å². The zero-order valence-corrected chi connectivity index (χ0v) is 14.9. The van der Waals surface area contributed by atoms with Crippen LogP contribution in [0.25, 0.3) is 0 Å². The van der Waals surface area contributed by atoms with Crippen molar-refractivity contribution in [2.24, 2.45) is 0 Å². The Bertz CT molecular complexity index is 693. The Morgan fingerprint density at radius 3 is 2.72 bits per heavy atom. The maximum absolute atomic E-state index is 12.1. The molecule has 2 aromatic rings. The van der Waals surface area contributed by atoms with E-state index in [2.05, 4.69) is 22.3 Å². The molecule has 132 valence electrons. The first-order valence-corrected chi connectivity index (χ1v) is 9.03. The molecule has 1 fully saturated rings. The maximum atomic E-state index is 12.1. The molecule has 0 aromatic heterocycles. The number of carbonyl (C=O) groups excluding carboxylic acids is 1. The third kappa shape index (κ3) is 5.05. The number of amides is 1. The maximum Gasteiger partial charge on any atom is 0.252 e. The highest BCUT2D eigenvalue weighted by Gasteiger charge is 2.21. The van der Waals surface area contributed by atoms with Crippen molar-refractivity contribution in [1.29, 1.82) is 0 Å². The van der Waals surface area contributed by atoms with Crippen molar-refractivity contribution in [3.8, 4) is 0 Å². The van der Waals surface area contributed by atoms with Crippen molar-refractivity contribution in [1.82, 2.24) is 10.2 Å². The van der Waals surface area contributed by atoms with Crippen molar-refractivity contribution in [3.63, 3.8) is 0 Å². The van der Waals surface area contributed by atoms with Crippen LogP contribution in [-0.4, -0.2) is 43.6 Å². The van der Waals surface area contributed by atoms with Crippen LogP contribution in [0.15, 0.2) is 54.6 Å². The van der Waals surface area contributed by atoms with Crippen LogP contribution in [0.2, 0.25) is 5.02 Å². The molecule has 1 atom stereocenters. The minimum Gasteiger partial charge on any atom is -0.371 e. The molecule has 5 heteroatoms. The minimum absolute atomic E-state index is 0.116. The van der Waals surface area contributed by atoms with Gasteiger partial charge in [0.1, 0.15) is 0 Å². The number of halogens is 1. The number of hydrogen-bond acceptors (Lipinski definition) is 3. The fraction of sp³-hybridized carbons (Fsp3) is 0.350. The van der Waals surface area contributed by atoms with Gasteiger partial charge in [-0.1, -0.05) is 54.1 Å². The molecule has 1 amide bonds. The molecule has 1 N–H and O–H groups in total. The molecule has 0 unspecified atom stereocenters. The summed E-state index contributed by atoms with van der Waals surface area (Å²) in [6, 6.07) is 17.4. The fourth-order valence-electron chi connectivity index (χ4n) is 3.02. The Balaban J connectivity index is 1.42. The Morgan fingerprint density at radius 1 is 1.16 bits per heavy atom. The summed E-state index contributed by atoms with van der Waals surface area (Å²) in [5.74, 6) is -0.116. The smallest absolute Gasteiger partial charge is 0.252 e. The second-order valence-electron chi connectivity index (χ2n) is 6.16. The third-order valence-corrected chi connectivity index (χ3v) is 4.71. The van der Waals surface area contributed by atoms with Gasteiger partial charge in [0.2, 0.25) is 0 Å². The summed E-state index contributed by atoms with van der Waals surface area (Å²) in [6.07, 6.45) is 1.03. The van der Waals surface area contributed by atoms with E-state index in [4.69, 9.17) is 16.3 Å². The van der Waals surface area contributed by atoms with Crippen molar-refractivity contribution in [2.45, 2.75) is 12.5 Å². The van der Waals surface area contributed by atoms with Crippen LogP contribution < -0.4 is 5.32 Å². The lowest BCUT2D eigenvalue weighted by Gasteiger charge is -2.33. The second-order valence-corrected chi connectivity index (χ2v) is 6.57. The molecule has 1 aliphatic heterocycles. The van der Waals surface area contributed by atoms with Crippen molar-refractivity contribution < 1.29 is 9.53 Å². The van der Waals surface area contributed by atoms with E-state index in [1.165, 1.54) is 5.56 Å². The zero-order chi connectivity index (χ0) is 17.5. The number of benzene rings is 2. The summed E-state index contributed by atoms with van der Waals surface area (Å²) in [7, 11) is 0. The molecule has 25 heavy (non-hydrogen) atoms. The average Bonchev–Trinajstić information content (AvgIpc) is 2.66. The lowest BCUT2D eigenvalue weighted by atomic mass is 10.1. The summed E-state index contributed by atoms with van der Waals surface area (Å²) in [4.78, 5) is 14.5. The van der Waals surface area contributed by atoms with Gasteiger partial charge in [-0.05, 0) is 24.1 Å². The molecule has 0 saturated carbocycles. The van der Waals surface area contributed by atoms with Crippen molar-refractivity contribution in [3.05, 3.63) is 70.7 Å². The highest BCUT2D eigenvalue weighted by molar-refractivity contribution is 6.33. The van der Waals surface area contributed by atoms with Gasteiger partial charge in [-0.25, -0.2) is 0 Å². The van der Waals surface area contributed by atoms with Crippen LogP contribution in [0.4, 0.5) is 0 Å². The molecule has 4 nitrogen and oxygen atoms in total. The highest BCUT2D eigenvalue weighted by atomic mass is 35.5. The molecule has 2 aromatic carbocycles. The summed E-state index contributed by atoms with van der Waals surface area (Å²) in [5.41, 5.74) is 1.75. The van der Waals surface area contributed by atoms with E-state index in [0.29, 0.717) is 17.1 Å². The van der Waals surface area contributed by atoms with Gasteiger partial charge in [0.15, 0.2) is 0 Å². The van der Waals surface area contributed by atoms with Gasteiger partial charge in [-0.2, -0.15) is 0 Å². The summed E-state index contributed by atoms with van der Waals surface area (Å²) in [5, 5.41) is 3.43. The average molecular weight is 359 g/mol. The molecule has 1 aliphatic rings. The Labute approximate surface area is 153 Å². The zero-order valence-electron chi connectivity index (χ0n) is 14.2. The first kappa shape index (κ1) is 17.9. The predicted octanol–water partition coefficient (Wildman–Crippen LogP) is 3.53. The molecular weight excluding hydrogens is 336 g/mol. The normalized spacial score (nSPS) is 18.0. The standard InChI is InChI=1S/C20H23ClN2O2/c21-18-10-5-4-9-17(18)20(24)22-11-6-12-23-13-14-25-19(15-23)16-7-2-1-3-8-16/h1-5,7-10,19H,6,11-15H2,(H,22,24)/t19-/m0/s1. The number of rotatable bonds is 6. The molecule has 1 saturated heterocycles. The number of hydrogen-bond donors (Lipinski definition) is 1. The summed E-state index contributed by atoms with van der Waals surface area (Å²) in [6.45, 7) is 4.14. The molecule has 0 spiro atoms. The molecule has 0 aliphatic carbocycles. The molecule has 0 bridgehead atoms. The first-order chi connectivity index (χ1) is 12.2. The van der Waals surface area contributed by atoms with Gasteiger partial charge >= 0.3 is 0 Å². The van der Waals surface area contributed by atoms with Crippen LogP contribution in [-0.2, 0) is 4.74 Å². The van der Waals surface area contributed by atoms with E-state index in [-0.39, 0.29) is 12.0 Å². The van der Waals surface area contributed by atoms with Crippen molar-refractivity contribution >= 4 is 17.5 Å². The molecule has 1 heterocycles. The van der Waals surface area contributed by atoms with Crippen LogP contribution >= 0.6 is 11.6 Å². The fourth-order valence-corrected chi connectivity index (χ4v) is 3.24. The van der Waals surface area contributed by atoms with Crippen LogP contribution in [0.3, 0.4) is 0 Å². The van der Waals surface area contributed by atoms with E-state index < -0.39 is 0 Å². The highest BCUT2D eigenvalue weighted by Crippen LogP contribution is 2.21. The van der Waals surface area contributed by atoms with E-state index >= 15 is 0 Å². The van der Waals surface area contributed by atoms with Gasteiger partial charge in [0, 0.05) is 26.2 Å². The van der Waals surface area contributed by atoms with E-state index in [0.717, 1.165) is 32.7 Å². The van der Waals surface area contributed by atoms with Gasteiger partial charge in [0.05, 0.1) is 23.3 Å². The second kappa shape index (κ2) is 8.99. The Morgan fingerprint density at radius 2 is 1.92 bits per heavy atom. The lowest BCUT2D eigenvalue weighted by Crippen LogP contribution is -2.39. The first-order valence-electron chi connectivity index (χ1n) is 8.65. The van der Waals surface area contributed by atoms with Crippen LogP contribution in [0.5, 0.6) is 0 Å². The SMILES string of the molecule is O=C(NCCCN1CCO[C@H](c2ccccc2)C1)c1ccccc1Cl. The van der Waals surface area contributed by atoms with E-state index in [1.54, 1.807) is 12.1 Å². The Kier molecular flexibility index (Phi) is 6.45. The number of nitrogens with zero attached hydrogens (tertiary/aromatic N) is 1. The molecular formula is C20H23ClN2O2. The third-order valence-electron chi connectivity index (χ3n) is 4.38. The molecule has 0 radical (unpaired) electrons. The van der Waals surface area contributed by atoms with Gasteiger partial charge in [0.25, 0.3) is 5.91 Å². The number of morpholine rings is 1. The number of carbonyl (C=O) groups is 1. The van der Waals surface area contributed by atoms with Crippen LogP contribution in [0.1, 0.15) is 28.4 Å². The summed E-state index contributed by atoms with van der Waals surface area (Å²) >= 11 is 6.04. The van der Waals surface area contributed by atoms with Crippen molar-refractivity contribution in [2.75, 3.05) is 32.8 Å². The Hall–Kier alpha value is -1.88. The van der Waals surface area contributed by atoms with Gasteiger partial charge < -0.3 is 10.1 Å². The monoisotopic (exact) mass is 358 g/mol. The van der Waals surface area contributed by atoms with Crippen LogP contribution in [0, 0.1) is 0 Å². The topological polar surface area (TPSA) is 41.6 Å². The summed E-state index contributed by atoms with van der Waals surface area (Å²) < 4.78 is 5.88. The lowest BCUT2D eigenvalue weighted by molar-refractivity contribution is -0.0301. The molecule has 3 rings (SSSR count). The van der Waals surface area contributed by atoms with Gasteiger partial charge in [-0.15, -0.1) is 0 Å². The van der Waals surface area contributed by atoms with E-state index in [1.807, 2.05) is 30.3 Å². The quantitative estimate of drug-likeness (QED) is 0.803.